The maximum Gasteiger partial charge on any atom is 0.416 e. The van der Waals surface area contributed by atoms with Crippen molar-refractivity contribution in [2.75, 3.05) is 6.54 Å². The molecule has 2 aromatic carbocycles. The largest absolute Gasteiger partial charge is 0.481 e. The standard InChI is InChI=1S/C30H32F3N3O3/c1-20(2)35-15-16-36-24(18-29(13-6-7-14-29)22-11-8-12-23(17-22)30(31,32)33)34-27(37)26(25(36)28(35)38)39-19-21-9-4-3-5-10-21/h3-5,8-12,17,20H,6-7,13-16,18-19H2,1-2H3. The summed E-state index contributed by atoms with van der Waals surface area (Å²) in [6.07, 6.45) is -1.09. The fourth-order valence-electron chi connectivity index (χ4n) is 5.91. The SMILES string of the molecule is CC(C)N1CCn2c(CC3(c4cccc(C(F)(F)F)c4)CCCC3)nc(=O)c(OCc3ccccc3)c2C1=O. The molecule has 0 atom stereocenters. The minimum Gasteiger partial charge on any atom is -0.481 e. The average Bonchev–Trinajstić information content (AvgIpc) is 3.38. The summed E-state index contributed by atoms with van der Waals surface area (Å²) in [6.45, 7) is 4.80. The Balaban J connectivity index is 1.58. The molecule has 0 spiro atoms. The van der Waals surface area contributed by atoms with Crippen LogP contribution in [0.3, 0.4) is 0 Å². The fraction of sp³-hybridized carbons (Fsp3) is 0.433. The van der Waals surface area contributed by atoms with Crippen LogP contribution in [-0.4, -0.2) is 32.9 Å². The van der Waals surface area contributed by atoms with Gasteiger partial charge >= 0.3 is 11.7 Å². The number of ether oxygens (including phenoxy) is 1. The summed E-state index contributed by atoms with van der Waals surface area (Å²) < 4.78 is 48.4. The van der Waals surface area contributed by atoms with Crippen LogP contribution < -0.4 is 10.3 Å². The molecule has 9 heteroatoms. The highest BCUT2D eigenvalue weighted by Crippen LogP contribution is 2.45. The molecule has 1 aliphatic carbocycles. The molecule has 1 aliphatic heterocycles. The number of halogens is 3. The van der Waals surface area contributed by atoms with Crippen molar-refractivity contribution < 1.29 is 22.7 Å². The number of rotatable bonds is 7. The number of alkyl halides is 3. The average molecular weight is 540 g/mol. The summed E-state index contributed by atoms with van der Waals surface area (Å²) in [5.41, 5.74) is -0.328. The molecule has 1 saturated carbocycles. The summed E-state index contributed by atoms with van der Waals surface area (Å²) >= 11 is 0. The lowest BCUT2D eigenvalue weighted by molar-refractivity contribution is -0.137. The minimum atomic E-state index is -4.45. The van der Waals surface area contributed by atoms with Gasteiger partial charge in [0.25, 0.3) is 5.91 Å². The molecule has 0 radical (unpaired) electrons. The van der Waals surface area contributed by atoms with E-state index in [2.05, 4.69) is 4.98 Å². The van der Waals surface area contributed by atoms with Gasteiger partial charge in [0.1, 0.15) is 12.4 Å². The van der Waals surface area contributed by atoms with Gasteiger partial charge < -0.3 is 14.2 Å². The van der Waals surface area contributed by atoms with E-state index in [0.29, 0.717) is 37.3 Å². The van der Waals surface area contributed by atoms with Crippen molar-refractivity contribution in [1.82, 2.24) is 14.5 Å². The van der Waals surface area contributed by atoms with Crippen molar-refractivity contribution in [3.8, 4) is 5.75 Å². The molecule has 206 valence electrons. The summed E-state index contributed by atoms with van der Waals surface area (Å²) in [6, 6.07) is 14.7. The lowest BCUT2D eigenvalue weighted by Crippen LogP contribution is -2.47. The van der Waals surface area contributed by atoms with Crippen LogP contribution in [0.2, 0.25) is 0 Å². The van der Waals surface area contributed by atoms with Gasteiger partial charge in [-0.2, -0.15) is 18.2 Å². The van der Waals surface area contributed by atoms with E-state index in [1.54, 1.807) is 15.5 Å². The summed E-state index contributed by atoms with van der Waals surface area (Å²) in [5.74, 6) is 0.0234. The number of hydrogen-bond acceptors (Lipinski definition) is 4. The quantitative estimate of drug-likeness (QED) is 0.383. The Hall–Kier alpha value is -3.62. The van der Waals surface area contributed by atoms with E-state index in [9.17, 15) is 22.8 Å². The molecule has 0 bridgehead atoms. The van der Waals surface area contributed by atoms with Gasteiger partial charge in [-0.1, -0.05) is 61.4 Å². The van der Waals surface area contributed by atoms with Crippen molar-refractivity contribution in [2.24, 2.45) is 0 Å². The third-order valence-corrected chi connectivity index (χ3v) is 7.96. The van der Waals surface area contributed by atoms with Gasteiger partial charge in [0, 0.05) is 31.0 Å². The molecule has 6 nitrogen and oxygen atoms in total. The van der Waals surface area contributed by atoms with Crippen LogP contribution >= 0.6 is 0 Å². The van der Waals surface area contributed by atoms with Gasteiger partial charge in [-0.25, -0.2) is 0 Å². The monoisotopic (exact) mass is 539 g/mol. The number of nitrogens with zero attached hydrogens (tertiary/aromatic N) is 3. The first-order valence-corrected chi connectivity index (χ1v) is 13.4. The first-order valence-electron chi connectivity index (χ1n) is 13.4. The second-order valence-corrected chi connectivity index (χ2v) is 10.8. The van der Waals surface area contributed by atoms with Gasteiger partial charge in [0.05, 0.1) is 5.56 Å². The van der Waals surface area contributed by atoms with E-state index in [-0.39, 0.29) is 36.4 Å². The number of hydrogen-bond donors (Lipinski definition) is 0. The lowest BCUT2D eigenvalue weighted by Gasteiger charge is -2.36. The third-order valence-electron chi connectivity index (χ3n) is 7.96. The zero-order valence-electron chi connectivity index (χ0n) is 22.1. The van der Waals surface area contributed by atoms with Gasteiger partial charge in [-0.15, -0.1) is 0 Å². The second-order valence-electron chi connectivity index (χ2n) is 10.8. The van der Waals surface area contributed by atoms with Gasteiger partial charge in [0.15, 0.2) is 5.69 Å². The topological polar surface area (TPSA) is 64.4 Å². The lowest BCUT2D eigenvalue weighted by atomic mass is 9.75. The predicted octanol–water partition coefficient (Wildman–Crippen LogP) is 5.76. The first kappa shape index (κ1) is 27.0. The molecule has 0 unspecified atom stereocenters. The molecule has 1 aromatic heterocycles. The fourth-order valence-corrected chi connectivity index (χ4v) is 5.91. The number of benzene rings is 2. The summed E-state index contributed by atoms with van der Waals surface area (Å²) in [7, 11) is 0. The maximum absolute atomic E-state index is 13.7. The molecule has 3 aromatic rings. The van der Waals surface area contributed by atoms with Crippen molar-refractivity contribution in [3.63, 3.8) is 0 Å². The zero-order chi connectivity index (χ0) is 27.8. The van der Waals surface area contributed by atoms with E-state index in [1.165, 1.54) is 12.1 Å². The molecule has 1 amide bonds. The van der Waals surface area contributed by atoms with Gasteiger partial charge in [0.2, 0.25) is 5.75 Å². The highest BCUT2D eigenvalue weighted by atomic mass is 19.4. The number of amides is 1. The van der Waals surface area contributed by atoms with Crippen LogP contribution in [-0.2, 0) is 31.2 Å². The van der Waals surface area contributed by atoms with Crippen molar-refractivity contribution in [3.05, 3.63) is 93.2 Å². The van der Waals surface area contributed by atoms with Crippen molar-refractivity contribution in [1.29, 1.82) is 0 Å². The van der Waals surface area contributed by atoms with Crippen LogP contribution in [0.25, 0.3) is 0 Å². The molecule has 2 heterocycles. The van der Waals surface area contributed by atoms with Crippen LogP contribution in [0.5, 0.6) is 5.75 Å². The first-order chi connectivity index (χ1) is 18.6. The van der Waals surface area contributed by atoms with E-state index in [1.807, 2.05) is 44.2 Å². The normalized spacial score (nSPS) is 17.0. The Kier molecular flexibility index (Phi) is 7.27. The zero-order valence-corrected chi connectivity index (χ0v) is 22.1. The smallest absolute Gasteiger partial charge is 0.416 e. The van der Waals surface area contributed by atoms with Crippen LogP contribution in [0.4, 0.5) is 13.2 Å². The number of aromatic nitrogens is 2. The maximum atomic E-state index is 13.7. The Morgan fingerprint density at radius 3 is 2.38 bits per heavy atom. The molecular weight excluding hydrogens is 507 g/mol. The number of carbonyl (C=O) groups is 1. The molecule has 0 N–H and O–H groups in total. The Morgan fingerprint density at radius 1 is 1.00 bits per heavy atom. The molecule has 2 aliphatic rings. The Bertz CT molecular complexity index is 1410. The summed E-state index contributed by atoms with van der Waals surface area (Å²) in [4.78, 5) is 33.2. The minimum absolute atomic E-state index is 0.0776. The summed E-state index contributed by atoms with van der Waals surface area (Å²) in [5, 5.41) is 0. The van der Waals surface area contributed by atoms with Crippen LogP contribution in [0.1, 0.15) is 72.5 Å². The van der Waals surface area contributed by atoms with Crippen molar-refractivity contribution in [2.45, 2.75) is 76.7 Å². The van der Waals surface area contributed by atoms with Crippen LogP contribution in [0, 0.1) is 0 Å². The van der Waals surface area contributed by atoms with Crippen LogP contribution in [0.15, 0.2) is 59.4 Å². The molecule has 5 rings (SSSR count). The Morgan fingerprint density at radius 2 is 1.72 bits per heavy atom. The third kappa shape index (κ3) is 5.31. The highest BCUT2D eigenvalue weighted by Gasteiger charge is 2.41. The molecule has 39 heavy (non-hydrogen) atoms. The van der Waals surface area contributed by atoms with Gasteiger partial charge in [-0.05, 0) is 43.9 Å². The number of carbonyl (C=O) groups excluding carboxylic acids is 1. The molecule has 1 fully saturated rings. The number of fused-ring (bicyclic) bond motifs is 1. The van der Waals surface area contributed by atoms with E-state index >= 15 is 0 Å². The second kappa shape index (κ2) is 10.5. The highest BCUT2D eigenvalue weighted by molar-refractivity contribution is 5.96. The Labute approximate surface area is 225 Å². The van der Waals surface area contributed by atoms with E-state index in [0.717, 1.165) is 24.5 Å². The molecular formula is C30H32F3N3O3. The predicted molar refractivity (Wildman–Crippen MR) is 141 cm³/mol. The van der Waals surface area contributed by atoms with Gasteiger partial charge in [-0.3, -0.25) is 9.59 Å². The van der Waals surface area contributed by atoms with E-state index < -0.39 is 22.7 Å². The van der Waals surface area contributed by atoms with E-state index in [4.69, 9.17) is 4.74 Å². The van der Waals surface area contributed by atoms with Crippen molar-refractivity contribution >= 4 is 5.91 Å². The molecule has 0 saturated heterocycles.